The van der Waals surface area contributed by atoms with Crippen LogP contribution < -0.4 is 5.32 Å². The van der Waals surface area contributed by atoms with Crippen LogP contribution in [0.2, 0.25) is 0 Å². The van der Waals surface area contributed by atoms with Crippen LogP contribution >= 0.6 is 0 Å². The highest BCUT2D eigenvalue weighted by Crippen LogP contribution is 2.29. The zero-order valence-electron chi connectivity index (χ0n) is 12.5. The van der Waals surface area contributed by atoms with Gasteiger partial charge < -0.3 is 10.1 Å². The molecule has 2 nitrogen and oxygen atoms in total. The molecule has 0 bridgehead atoms. The summed E-state index contributed by atoms with van der Waals surface area (Å²) >= 11 is 0. The number of hydrogen-bond acceptors (Lipinski definition) is 2. The molecule has 0 amide bonds. The van der Waals surface area contributed by atoms with Gasteiger partial charge >= 0.3 is 0 Å². The van der Waals surface area contributed by atoms with Crippen LogP contribution in [0.5, 0.6) is 0 Å². The third-order valence-corrected chi connectivity index (χ3v) is 4.50. The molecule has 1 aromatic rings. The lowest BCUT2D eigenvalue weighted by atomic mass is 9.79. The van der Waals surface area contributed by atoms with E-state index in [-0.39, 0.29) is 0 Å². The zero-order chi connectivity index (χ0) is 13.7. The third kappa shape index (κ3) is 4.32. The number of rotatable bonds is 5. The monoisotopic (exact) mass is 261 g/mol. The first kappa shape index (κ1) is 14.5. The molecule has 106 valence electrons. The highest BCUT2D eigenvalue weighted by Gasteiger charge is 2.23. The minimum absolute atomic E-state index is 0.692. The Bertz CT molecular complexity index is 391. The van der Waals surface area contributed by atoms with Crippen molar-refractivity contribution in [3.63, 3.8) is 0 Å². The summed E-state index contributed by atoms with van der Waals surface area (Å²) in [5.74, 6) is 1.74. The van der Waals surface area contributed by atoms with Crippen LogP contribution in [0, 0.1) is 11.8 Å². The molecule has 1 fully saturated rings. The molecular formula is C17H27NO. The summed E-state index contributed by atoms with van der Waals surface area (Å²) in [5, 5.41) is 3.72. The molecule has 1 aliphatic rings. The van der Waals surface area contributed by atoms with Crippen molar-refractivity contribution in [2.24, 2.45) is 11.8 Å². The van der Waals surface area contributed by atoms with Gasteiger partial charge in [0.15, 0.2) is 0 Å². The van der Waals surface area contributed by atoms with Crippen LogP contribution in [-0.4, -0.2) is 13.2 Å². The molecule has 0 radical (unpaired) electrons. The Balaban J connectivity index is 1.83. The number of methoxy groups -OCH3 is 1. The van der Waals surface area contributed by atoms with E-state index in [1.165, 1.54) is 30.4 Å². The van der Waals surface area contributed by atoms with Crippen LogP contribution in [0.4, 0.5) is 0 Å². The number of ether oxygens (including phenoxy) is 1. The molecule has 0 aliphatic heterocycles. The molecule has 0 saturated heterocycles. The normalized spacial score (nSPS) is 27.4. The predicted molar refractivity (Wildman–Crippen MR) is 80.0 cm³/mol. The summed E-state index contributed by atoms with van der Waals surface area (Å²) in [6.45, 7) is 6.45. The molecular weight excluding hydrogens is 234 g/mol. The van der Waals surface area contributed by atoms with Gasteiger partial charge in [-0.3, -0.25) is 0 Å². The van der Waals surface area contributed by atoms with E-state index in [9.17, 15) is 0 Å². The molecule has 3 unspecified atom stereocenters. The van der Waals surface area contributed by atoms with Gasteiger partial charge in [-0.25, -0.2) is 0 Å². The average molecular weight is 261 g/mol. The first-order chi connectivity index (χ1) is 9.19. The molecule has 1 saturated carbocycles. The Morgan fingerprint density at radius 2 is 1.95 bits per heavy atom. The maximum Gasteiger partial charge on any atom is 0.0713 e. The average Bonchev–Trinajstić information content (AvgIpc) is 2.41. The van der Waals surface area contributed by atoms with Crippen molar-refractivity contribution in [3.8, 4) is 0 Å². The third-order valence-electron chi connectivity index (χ3n) is 4.50. The minimum atomic E-state index is 0.692. The summed E-state index contributed by atoms with van der Waals surface area (Å²) in [4.78, 5) is 0. The van der Waals surface area contributed by atoms with E-state index < -0.39 is 0 Å². The lowest BCUT2D eigenvalue weighted by molar-refractivity contribution is 0.185. The second kappa shape index (κ2) is 7.06. The van der Waals surface area contributed by atoms with Gasteiger partial charge in [0.05, 0.1) is 6.61 Å². The van der Waals surface area contributed by atoms with E-state index >= 15 is 0 Å². The van der Waals surface area contributed by atoms with Crippen LogP contribution in [-0.2, 0) is 17.9 Å². The number of nitrogens with one attached hydrogen (secondary N) is 1. The smallest absolute Gasteiger partial charge is 0.0713 e. The maximum atomic E-state index is 5.18. The Hall–Kier alpha value is -0.860. The summed E-state index contributed by atoms with van der Waals surface area (Å²) in [5.41, 5.74) is 2.62. The van der Waals surface area contributed by atoms with Crippen LogP contribution in [0.15, 0.2) is 24.3 Å². The van der Waals surface area contributed by atoms with Gasteiger partial charge in [0.25, 0.3) is 0 Å². The van der Waals surface area contributed by atoms with Crippen LogP contribution in [0.25, 0.3) is 0 Å². The second-order valence-corrected chi connectivity index (χ2v) is 6.10. The van der Waals surface area contributed by atoms with Crippen molar-refractivity contribution in [1.82, 2.24) is 5.32 Å². The summed E-state index contributed by atoms with van der Waals surface area (Å²) in [7, 11) is 1.75. The van der Waals surface area contributed by atoms with Gasteiger partial charge in [0.1, 0.15) is 0 Å². The quantitative estimate of drug-likeness (QED) is 0.871. The lowest BCUT2D eigenvalue weighted by Crippen LogP contribution is -2.35. The molecule has 0 heterocycles. The molecule has 1 aromatic carbocycles. The van der Waals surface area contributed by atoms with Crippen molar-refractivity contribution in [2.45, 2.75) is 52.3 Å². The number of hydrogen-bond donors (Lipinski definition) is 1. The Morgan fingerprint density at radius 1 is 1.16 bits per heavy atom. The molecule has 2 rings (SSSR count). The Labute approximate surface area is 117 Å². The highest BCUT2D eigenvalue weighted by molar-refractivity contribution is 5.22. The fourth-order valence-electron chi connectivity index (χ4n) is 2.99. The summed E-state index contributed by atoms with van der Waals surface area (Å²) in [6, 6.07) is 9.37. The molecule has 19 heavy (non-hydrogen) atoms. The van der Waals surface area contributed by atoms with Gasteiger partial charge in [-0.1, -0.05) is 38.1 Å². The van der Waals surface area contributed by atoms with E-state index in [0.29, 0.717) is 12.6 Å². The molecule has 2 heteroatoms. The fraction of sp³-hybridized carbons (Fsp3) is 0.647. The van der Waals surface area contributed by atoms with Gasteiger partial charge in [0, 0.05) is 19.7 Å². The second-order valence-electron chi connectivity index (χ2n) is 6.10. The van der Waals surface area contributed by atoms with E-state index in [4.69, 9.17) is 4.74 Å². The lowest BCUT2D eigenvalue weighted by Gasteiger charge is -2.32. The first-order valence-electron chi connectivity index (χ1n) is 7.49. The van der Waals surface area contributed by atoms with Crippen molar-refractivity contribution < 1.29 is 4.74 Å². The van der Waals surface area contributed by atoms with Gasteiger partial charge in [-0.2, -0.15) is 0 Å². The molecule has 1 N–H and O–H groups in total. The summed E-state index contributed by atoms with van der Waals surface area (Å²) in [6.07, 6.45) is 4.00. The molecule has 1 aliphatic carbocycles. The highest BCUT2D eigenvalue weighted by atomic mass is 16.5. The predicted octanol–water partition coefficient (Wildman–Crippen LogP) is 3.75. The van der Waals surface area contributed by atoms with Crippen molar-refractivity contribution in [1.29, 1.82) is 0 Å². The summed E-state index contributed by atoms with van der Waals surface area (Å²) < 4.78 is 5.18. The van der Waals surface area contributed by atoms with Crippen molar-refractivity contribution >= 4 is 0 Å². The molecule has 3 atom stereocenters. The molecule has 0 spiro atoms. The van der Waals surface area contributed by atoms with Gasteiger partial charge in [0.2, 0.25) is 0 Å². The topological polar surface area (TPSA) is 21.3 Å². The Kier molecular flexibility index (Phi) is 5.41. The van der Waals surface area contributed by atoms with Gasteiger partial charge in [-0.15, -0.1) is 0 Å². The van der Waals surface area contributed by atoms with Gasteiger partial charge in [-0.05, 0) is 42.2 Å². The minimum Gasteiger partial charge on any atom is -0.380 e. The maximum absolute atomic E-state index is 5.18. The number of benzene rings is 1. The van der Waals surface area contributed by atoms with E-state index in [2.05, 4.69) is 43.4 Å². The van der Waals surface area contributed by atoms with Crippen molar-refractivity contribution in [2.75, 3.05) is 7.11 Å². The standard InChI is InChI=1S/C17H27NO/c1-13-7-8-17(9-14(13)2)18-11-15-5-4-6-16(10-15)12-19-3/h4-6,10,13-14,17-18H,7-9,11-12H2,1-3H3. The largest absolute Gasteiger partial charge is 0.380 e. The van der Waals surface area contributed by atoms with E-state index in [1.807, 2.05) is 0 Å². The van der Waals surface area contributed by atoms with Crippen molar-refractivity contribution in [3.05, 3.63) is 35.4 Å². The van der Waals surface area contributed by atoms with Crippen LogP contribution in [0.1, 0.15) is 44.2 Å². The fourth-order valence-corrected chi connectivity index (χ4v) is 2.99. The SMILES string of the molecule is COCc1cccc(CNC2CCC(C)C(C)C2)c1. The van der Waals surface area contributed by atoms with E-state index in [0.717, 1.165) is 18.4 Å². The van der Waals surface area contributed by atoms with Crippen LogP contribution in [0.3, 0.4) is 0 Å². The zero-order valence-corrected chi connectivity index (χ0v) is 12.5. The van der Waals surface area contributed by atoms with E-state index in [1.54, 1.807) is 7.11 Å². The Morgan fingerprint density at radius 3 is 2.68 bits per heavy atom. The first-order valence-corrected chi connectivity index (χ1v) is 7.49. The molecule has 0 aromatic heterocycles.